The van der Waals surface area contributed by atoms with Crippen molar-refractivity contribution in [3.8, 4) is 0 Å². The molecule has 6 heteroatoms. The molecule has 0 saturated carbocycles. The molecular formula is C17H24ClN3OS. The number of carbonyl (C=O) groups excluding carboxylic acids is 1. The maximum atomic E-state index is 12.4. The zero-order valence-electron chi connectivity index (χ0n) is 13.6. The normalized spacial score (nSPS) is 23.4. The van der Waals surface area contributed by atoms with Gasteiger partial charge in [-0.1, -0.05) is 11.6 Å². The summed E-state index contributed by atoms with van der Waals surface area (Å²) < 4.78 is 0. The molecule has 23 heavy (non-hydrogen) atoms. The van der Waals surface area contributed by atoms with E-state index in [2.05, 4.69) is 16.8 Å². The number of likely N-dealkylation sites (tertiary alicyclic amines) is 1. The first-order chi connectivity index (χ1) is 11.1. The molecule has 0 spiro atoms. The second kappa shape index (κ2) is 7.88. The van der Waals surface area contributed by atoms with Crippen LogP contribution < -0.4 is 0 Å². The molecule has 1 aromatic rings. The summed E-state index contributed by atoms with van der Waals surface area (Å²) in [5, 5.41) is 0.732. The summed E-state index contributed by atoms with van der Waals surface area (Å²) in [6.45, 7) is 6.32. The largest absolute Gasteiger partial charge is 0.340 e. The molecule has 4 nitrogen and oxygen atoms in total. The van der Waals surface area contributed by atoms with Crippen molar-refractivity contribution in [3.63, 3.8) is 0 Å². The van der Waals surface area contributed by atoms with Crippen LogP contribution in [0.1, 0.15) is 6.42 Å². The molecule has 126 valence electrons. The maximum absolute atomic E-state index is 12.4. The van der Waals surface area contributed by atoms with Crippen molar-refractivity contribution in [2.75, 3.05) is 52.1 Å². The lowest BCUT2D eigenvalue weighted by atomic mass is 10.2. The van der Waals surface area contributed by atoms with Gasteiger partial charge in [-0.15, -0.1) is 11.8 Å². The third-order valence-corrected chi connectivity index (χ3v) is 6.00. The number of nitrogens with zero attached hydrogens (tertiary/aromatic N) is 3. The van der Waals surface area contributed by atoms with Gasteiger partial charge in [0.1, 0.15) is 0 Å². The smallest absolute Gasteiger partial charge is 0.232 e. The van der Waals surface area contributed by atoms with E-state index in [1.807, 2.05) is 29.2 Å². The van der Waals surface area contributed by atoms with E-state index in [4.69, 9.17) is 11.6 Å². The van der Waals surface area contributed by atoms with E-state index in [9.17, 15) is 4.79 Å². The minimum absolute atomic E-state index is 0.251. The van der Waals surface area contributed by atoms with Gasteiger partial charge in [-0.2, -0.15) is 0 Å². The molecule has 1 amide bonds. The van der Waals surface area contributed by atoms with Crippen LogP contribution in [0.3, 0.4) is 0 Å². The molecule has 2 fully saturated rings. The number of benzene rings is 1. The first kappa shape index (κ1) is 17.1. The van der Waals surface area contributed by atoms with Crippen LogP contribution in [-0.2, 0) is 4.79 Å². The second-order valence-electron chi connectivity index (χ2n) is 6.36. The summed E-state index contributed by atoms with van der Waals surface area (Å²) in [5.74, 6) is 0.762. The number of carbonyl (C=O) groups is 1. The van der Waals surface area contributed by atoms with Crippen molar-refractivity contribution in [1.82, 2.24) is 14.7 Å². The van der Waals surface area contributed by atoms with Crippen LogP contribution in [0.2, 0.25) is 5.02 Å². The fraction of sp³-hybridized carbons (Fsp3) is 0.588. The van der Waals surface area contributed by atoms with E-state index in [1.54, 1.807) is 11.8 Å². The van der Waals surface area contributed by atoms with Crippen LogP contribution >= 0.6 is 23.4 Å². The zero-order valence-corrected chi connectivity index (χ0v) is 15.2. The Morgan fingerprint density at radius 2 is 1.87 bits per heavy atom. The van der Waals surface area contributed by atoms with Crippen LogP contribution in [0.25, 0.3) is 0 Å². The van der Waals surface area contributed by atoms with Crippen LogP contribution in [0.5, 0.6) is 0 Å². The number of piperazine rings is 1. The molecule has 0 aliphatic carbocycles. The van der Waals surface area contributed by atoms with Gasteiger partial charge in [-0.05, 0) is 37.7 Å². The molecule has 2 saturated heterocycles. The van der Waals surface area contributed by atoms with Crippen LogP contribution in [-0.4, -0.2) is 78.7 Å². The van der Waals surface area contributed by atoms with Gasteiger partial charge in [-0.3, -0.25) is 9.69 Å². The molecule has 3 rings (SSSR count). The van der Waals surface area contributed by atoms with Crippen molar-refractivity contribution >= 4 is 29.3 Å². The van der Waals surface area contributed by atoms with Crippen molar-refractivity contribution in [2.45, 2.75) is 17.4 Å². The Kier molecular flexibility index (Phi) is 5.85. The van der Waals surface area contributed by atoms with Crippen molar-refractivity contribution in [2.24, 2.45) is 0 Å². The number of amides is 1. The highest BCUT2D eigenvalue weighted by atomic mass is 35.5. The van der Waals surface area contributed by atoms with Crippen LogP contribution in [0.15, 0.2) is 29.2 Å². The number of rotatable bonds is 4. The Labute approximate surface area is 147 Å². The first-order valence-corrected chi connectivity index (χ1v) is 9.57. The number of halogens is 1. The lowest BCUT2D eigenvalue weighted by molar-refractivity contribution is -0.127. The third-order valence-electron chi connectivity index (χ3n) is 4.75. The summed E-state index contributed by atoms with van der Waals surface area (Å²) in [6, 6.07) is 8.23. The van der Waals surface area contributed by atoms with Gasteiger partial charge in [0.15, 0.2) is 0 Å². The molecule has 0 bridgehead atoms. The lowest BCUT2D eigenvalue weighted by Crippen LogP contribution is -2.50. The van der Waals surface area contributed by atoms with Gasteiger partial charge in [0.2, 0.25) is 5.91 Å². The Bertz CT molecular complexity index is 531. The van der Waals surface area contributed by atoms with E-state index in [-0.39, 0.29) is 5.91 Å². The Hall–Kier alpha value is -0.750. The van der Waals surface area contributed by atoms with E-state index >= 15 is 0 Å². The summed E-state index contributed by atoms with van der Waals surface area (Å²) in [6.07, 6.45) is 1.11. The number of hydrogen-bond acceptors (Lipinski definition) is 4. The Morgan fingerprint density at radius 3 is 2.57 bits per heavy atom. The average Bonchev–Trinajstić information content (AvgIpc) is 3.05. The SMILES string of the molecule is CN1CCN([C@H]2CCN(C(=O)CSc3ccc(Cl)cc3)C2)CC1. The minimum atomic E-state index is 0.251. The van der Waals surface area contributed by atoms with Crippen molar-refractivity contribution < 1.29 is 4.79 Å². The zero-order chi connectivity index (χ0) is 16.2. The second-order valence-corrected chi connectivity index (χ2v) is 7.85. The molecule has 0 unspecified atom stereocenters. The summed E-state index contributed by atoms with van der Waals surface area (Å²) in [7, 11) is 2.18. The van der Waals surface area contributed by atoms with Crippen molar-refractivity contribution in [3.05, 3.63) is 29.3 Å². The lowest BCUT2D eigenvalue weighted by Gasteiger charge is -2.36. The number of hydrogen-bond donors (Lipinski definition) is 0. The van der Waals surface area contributed by atoms with Gasteiger partial charge in [0.05, 0.1) is 5.75 Å². The highest BCUT2D eigenvalue weighted by Crippen LogP contribution is 2.23. The molecule has 2 aliphatic heterocycles. The number of thioether (sulfide) groups is 1. The summed E-state index contributed by atoms with van der Waals surface area (Å²) >= 11 is 7.48. The fourth-order valence-corrected chi connectivity index (χ4v) is 4.15. The van der Waals surface area contributed by atoms with E-state index in [0.717, 1.165) is 55.6 Å². The van der Waals surface area contributed by atoms with Crippen molar-refractivity contribution in [1.29, 1.82) is 0 Å². The standard InChI is InChI=1S/C17H24ClN3OS/c1-19-8-10-20(11-9-19)15-6-7-21(12-15)17(22)13-23-16-4-2-14(18)3-5-16/h2-5,15H,6-13H2,1H3/t15-/m0/s1. The first-order valence-electron chi connectivity index (χ1n) is 8.20. The summed E-state index contributed by atoms with van der Waals surface area (Å²) in [4.78, 5) is 20.5. The average molecular weight is 354 g/mol. The molecule has 0 N–H and O–H groups in total. The predicted octanol–water partition coefficient (Wildman–Crippen LogP) is 2.28. The predicted molar refractivity (Wildman–Crippen MR) is 96.2 cm³/mol. The Morgan fingerprint density at radius 1 is 1.17 bits per heavy atom. The molecular weight excluding hydrogens is 330 g/mol. The third kappa shape index (κ3) is 4.63. The van der Waals surface area contributed by atoms with E-state index < -0.39 is 0 Å². The van der Waals surface area contributed by atoms with Gasteiger partial charge in [-0.25, -0.2) is 0 Å². The maximum Gasteiger partial charge on any atom is 0.232 e. The monoisotopic (exact) mass is 353 g/mol. The van der Waals surface area contributed by atoms with E-state index in [0.29, 0.717) is 11.8 Å². The van der Waals surface area contributed by atoms with Crippen LogP contribution in [0.4, 0.5) is 0 Å². The van der Waals surface area contributed by atoms with Gasteiger partial charge in [0.25, 0.3) is 0 Å². The highest BCUT2D eigenvalue weighted by Gasteiger charge is 2.31. The topological polar surface area (TPSA) is 26.8 Å². The highest BCUT2D eigenvalue weighted by molar-refractivity contribution is 8.00. The van der Waals surface area contributed by atoms with Crippen LogP contribution in [0, 0.1) is 0 Å². The number of likely N-dealkylation sites (N-methyl/N-ethyl adjacent to an activating group) is 1. The Balaban J connectivity index is 1.44. The molecule has 0 aromatic heterocycles. The molecule has 2 aliphatic rings. The van der Waals surface area contributed by atoms with Gasteiger partial charge < -0.3 is 9.80 Å². The summed E-state index contributed by atoms with van der Waals surface area (Å²) in [5.41, 5.74) is 0. The minimum Gasteiger partial charge on any atom is -0.340 e. The van der Waals surface area contributed by atoms with Gasteiger partial charge in [0, 0.05) is 55.2 Å². The van der Waals surface area contributed by atoms with Gasteiger partial charge >= 0.3 is 0 Å². The molecule has 1 atom stereocenters. The fourth-order valence-electron chi connectivity index (χ4n) is 3.22. The van der Waals surface area contributed by atoms with E-state index in [1.165, 1.54) is 0 Å². The molecule has 0 radical (unpaired) electrons. The molecule has 1 aromatic carbocycles. The quantitative estimate of drug-likeness (QED) is 0.776. The molecule has 2 heterocycles.